The number of ether oxygens (including phenoxy) is 2. The van der Waals surface area contributed by atoms with Gasteiger partial charge in [0.25, 0.3) is 0 Å². The molecule has 38 heavy (non-hydrogen) atoms. The number of fused-ring (bicyclic) bond motifs is 1. The van der Waals surface area contributed by atoms with Crippen LogP contribution >= 0.6 is 0 Å². The molecule has 0 bridgehead atoms. The van der Waals surface area contributed by atoms with Crippen molar-refractivity contribution in [1.82, 2.24) is 9.80 Å². The molecule has 2 amide bonds. The molecule has 9 nitrogen and oxygen atoms in total. The van der Waals surface area contributed by atoms with Crippen molar-refractivity contribution in [2.75, 3.05) is 45.6 Å². The van der Waals surface area contributed by atoms with Crippen molar-refractivity contribution in [2.24, 2.45) is 5.92 Å². The lowest BCUT2D eigenvalue weighted by molar-refractivity contribution is -0.135. The Kier molecular flexibility index (Phi) is 8.25. The van der Waals surface area contributed by atoms with E-state index in [0.717, 1.165) is 10.8 Å². The second-order valence-electron chi connectivity index (χ2n) is 9.07. The van der Waals surface area contributed by atoms with Crippen molar-refractivity contribution in [3.05, 3.63) is 77.4 Å². The summed E-state index contributed by atoms with van der Waals surface area (Å²) in [6, 6.07) is 17.7. The Bertz CT molecular complexity index is 1360. The monoisotopic (exact) mass is 517 g/mol. The molecule has 4 rings (SSSR count). The minimum Gasteiger partial charge on any atom is -0.465 e. The summed E-state index contributed by atoms with van der Waals surface area (Å²) in [5, 5.41) is 1.63. The van der Waals surface area contributed by atoms with Crippen molar-refractivity contribution in [3.63, 3.8) is 0 Å². The highest BCUT2D eigenvalue weighted by Crippen LogP contribution is 2.29. The lowest BCUT2D eigenvalue weighted by atomic mass is 9.87. The Morgan fingerprint density at radius 3 is 2.34 bits per heavy atom. The lowest BCUT2D eigenvalue weighted by Crippen LogP contribution is -2.53. The fraction of sp³-hybridized carbons (Fsp3) is 0.310. The minimum absolute atomic E-state index is 0.0762. The van der Waals surface area contributed by atoms with Gasteiger partial charge in [0, 0.05) is 37.1 Å². The Labute approximate surface area is 221 Å². The van der Waals surface area contributed by atoms with Crippen LogP contribution in [-0.2, 0) is 20.7 Å². The molecule has 0 radical (unpaired) electrons. The normalized spacial score (nSPS) is 14.2. The third-order valence-corrected chi connectivity index (χ3v) is 6.76. The van der Waals surface area contributed by atoms with E-state index in [1.54, 1.807) is 47.1 Å². The molecular formula is C29H31N3O6. The van der Waals surface area contributed by atoms with E-state index >= 15 is 0 Å². The van der Waals surface area contributed by atoms with E-state index in [-0.39, 0.29) is 37.6 Å². The van der Waals surface area contributed by atoms with Crippen LogP contribution < -0.4 is 5.73 Å². The number of nitrogen functional groups attached to an aromatic ring is 1. The van der Waals surface area contributed by atoms with Crippen LogP contribution in [0.1, 0.15) is 33.2 Å². The van der Waals surface area contributed by atoms with E-state index in [1.807, 2.05) is 30.3 Å². The predicted molar refractivity (Wildman–Crippen MR) is 143 cm³/mol. The number of rotatable bonds is 7. The van der Waals surface area contributed by atoms with E-state index < -0.39 is 23.8 Å². The molecular weight excluding hydrogens is 486 g/mol. The summed E-state index contributed by atoms with van der Waals surface area (Å²) >= 11 is 0. The van der Waals surface area contributed by atoms with Crippen LogP contribution in [0.15, 0.2) is 60.7 Å². The molecule has 0 aromatic heterocycles. The number of carbonyl (C=O) groups excluding carboxylic acids is 4. The van der Waals surface area contributed by atoms with Crippen molar-refractivity contribution >= 4 is 40.2 Å². The van der Waals surface area contributed by atoms with E-state index in [1.165, 1.54) is 7.11 Å². The summed E-state index contributed by atoms with van der Waals surface area (Å²) in [5.74, 6) is -2.32. The number of ketones is 1. The summed E-state index contributed by atoms with van der Waals surface area (Å²) in [4.78, 5) is 55.0. The summed E-state index contributed by atoms with van der Waals surface area (Å²) in [6.45, 7) is 3.17. The highest BCUT2D eigenvalue weighted by Gasteiger charge is 2.35. The fourth-order valence-corrected chi connectivity index (χ4v) is 4.71. The third-order valence-electron chi connectivity index (χ3n) is 6.76. The van der Waals surface area contributed by atoms with Crippen LogP contribution in [0.25, 0.3) is 10.8 Å². The number of carbonyl (C=O) groups is 4. The molecule has 0 aliphatic carbocycles. The molecule has 3 aromatic rings. The molecule has 1 aliphatic rings. The molecule has 1 fully saturated rings. The zero-order chi connectivity index (χ0) is 27.2. The van der Waals surface area contributed by atoms with E-state index in [4.69, 9.17) is 15.2 Å². The maximum Gasteiger partial charge on any atom is 0.409 e. The smallest absolute Gasteiger partial charge is 0.409 e. The van der Waals surface area contributed by atoms with Gasteiger partial charge in [0.15, 0.2) is 5.78 Å². The second-order valence-corrected chi connectivity index (χ2v) is 9.07. The van der Waals surface area contributed by atoms with Crippen LogP contribution in [0, 0.1) is 5.92 Å². The van der Waals surface area contributed by atoms with Crippen LogP contribution in [0.2, 0.25) is 0 Å². The average Bonchev–Trinajstić information content (AvgIpc) is 2.95. The molecule has 3 aromatic carbocycles. The number of piperazine rings is 1. The molecule has 1 saturated heterocycles. The first-order valence-corrected chi connectivity index (χ1v) is 12.5. The number of hydrogen-bond donors (Lipinski definition) is 1. The number of nitrogens with zero attached hydrogens (tertiary/aromatic N) is 2. The van der Waals surface area contributed by atoms with Crippen LogP contribution in [-0.4, -0.2) is 73.4 Å². The number of nitrogens with two attached hydrogens (primary N) is 1. The Morgan fingerprint density at radius 1 is 0.921 bits per heavy atom. The van der Waals surface area contributed by atoms with Gasteiger partial charge >= 0.3 is 12.1 Å². The van der Waals surface area contributed by atoms with Gasteiger partial charge in [-0.1, -0.05) is 42.5 Å². The summed E-state index contributed by atoms with van der Waals surface area (Å²) < 4.78 is 9.88. The first kappa shape index (κ1) is 26.7. The predicted octanol–water partition coefficient (Wildman–Crippen LogP) is 3.55. The van der Waals surface area contributed by atoms with Gasteiger partial charge in [0.1, 0.15) is 5.92 Å². The first-order valence-electron chi connectivity index (χ1n) is 12.5. The van der Waals surface area contributed by atoms with Gasteiger partial charge in [0.2, 0.25) is 5.91 Å². The molecule has 9 heteroatoms. The second kappa shape index (κ2) is 11.8. The zero-order valence-electron chi connectivity index (χ0n) is 21.5. The van der Waals surface area contributed by atoms with Gasteiger partial charge in [-0.15, -0.1) is 0 Å². The highest BCUT2D eigenvalue weighted by atomic mass is 16.6. The maximum atomic E-state index is 13.9. The van der Waals surface area contributed by atoms with E-state index in [2.05, 4.69) is 0 Å². The molecule has 198 valence electrons. The number of amides is 2. The standard InChI is InChI=1S/C29H31N3O6/c1-3-38-29(36)32-15-13-31(14-16-32)27(34)24(18-19-7-6-9-21(17-19)28(35)37-2)26(33)23-12-11-20-8-4-5-10-22(20)25(23)30/h4-12,17,24H,3,13-16,18,30H2,1-2H3. The van der Waals surface area contributed by atoms with Gasteiger partial charge in [-0.3, -0.25) is 9.59 Å². The topological polar surface area (TPSA) is 119 Å². The largest absolute Gasteiger partial charge is 0.465 e. The van der Waals surface area contributed by atoms with Crippen LogP contribution in [0.5, 0.6) is 0 Å². The number of benzene rings is 3. The van der Waals surface area contributed by atoms with Crippen molar-refractivity contribution in [1.29, 1.82) is 0 Å². The van der Waals surface area contributed by atoms with Gasteiger partial charge in [-0.25, -0.2) is 9.59 Å². The maximum absolute atomic E-state index is 13.9. The average molecular weight is 518 g/mol. The molecule has 0 saturated carbocycles. The van der Waals surface area contributed by atoms with Crippen molar-refractivity contribution < 1.29 is 28.7 Å². The Hall–Kier alpha value is -4.40. The number of methoxy groups -OCH3 is 1. The molecule has 2 N–H and O–H groups in total. The number of anilines is 1. The van der Waals surface area contributed by atoms with Gasteiger partial charge in [0.05, 0.1) is 25.0 Å². The van der Waals surface area contributed by atoms with E-state index in [0.29, 0.717) is 29.9 Å². The zero-order valence-corrected chi connectivity index (χ0v) is 21.5. The summed E-state index contributed by atoms with van der Waals surface area (Å²) in [6.07, 6.45) is -0.344. The van der Waals surface area contributed by atoms with Gasteiger partial charge < -0.3 is 25.0 Å². The summed E-state index contributed by atoms with van der Waals surface area (Å²) in [5.41, 5.74) is 7.99. The number of esters is 1. The van der Waals surface area contributed by atoms with E-state index in [9.17, 15) is 19.2 Å². The number of Topliss-reactive ketones (excluding diaryl/α,β-unsaturated/α-hetero) is 1. The van der Waals surface area contributed by atoms with Crippen LogP contribution in [0.3, 0.4) is 0 Å². The van der Waals surface area contributed by atoms with Gasteiger partial charge in [-0.05, 0) is 42.5 Å². The number of hydrogen-bond acceptors (Lipinski definition) is 7. The van der Waals surface area contributed by atoms with Crippen molar-refractivity contribution in [3.8, 4) is 0 Å². The third kappa shape index (κ3) is 5.61. The molecule has 1 unspecified atom stereocenters. The minimum atomic E-state index is -1.07. The molecule has 1 heterocycles. The quantitative estimate of drug-likeness (QED) is 0.220. The fourth-order valence-electron chi connectivity index (χ4n) is 4.71. The molecule has 0 spiro atoms. The molecule has 1 aliphatic heterocycles. The molecule has 1 atom stereocenters. The van der Waals surface area contributed by atoms with Crippen LogP contribution in [0.4, 0.5) is 10.5 Å². The first-order chi connectivity index (χ1) is 18.3. The summed E-state index contributed by atoms with van der Waals surface area (Å²) in [7, 11) is 1.29. The van der Waals surface area contributed by atoms with Gasteiger partial charge in [-0.2, -0.15) is 0 Å². The Morgan fingerprint density at radius 2 is 1.63 bits per heavy atom. The lowest BCUT2D eigenvalue weighted by Gasteiger charge is -2.35. The Balaban J connectivity index is 1.64. The van der Waals surface area contributed by atoms with Crippen molar-refractivity contribution in [2.45, 2.75) is 13.3 Å². The highest BCUT2D eigenvalue weighted by molar-refractivity contribution is 6.16. The SMILES string of the molecule is CCOC(=O)N1CCN(C(=O)C(Cc2cccc(C(=O)OC)c2)C(=O)c2ccc3ccccc3c2N)CC1.